The number of benzene rings is 2. The van der Waals surface area contributed by atoms with Gasteiger partial charge in [0.2, 0.25) is 5.38 Å². The van der Waals surface area contributed by atoms with Gasteiger partial charge in [-0.3, -0.25) is 20.2 Å². The van der Waals surface area contributed by atoms with Gasteiger partial charge in [-0.15, -0.1) is 13.2 Å². The number of alkyl halides is 6. The maximum atomic E-state index is 12.8. The van der Waals surface area contributed by atoms with E-state index in [1.807, 2.05) is 0 Å². The molecule has 0 aliphatic carbocycles. The van der Waals surface area contributed by atoms with Crippen LogP contribution in [-0.4, -0.2) is 28.3 Å². The average molecular weight is 577 g/mol. The Hall–Kier alpha value is -3.35. The van der Waals surface area contributed by atoms with E-state index in [0.717, 1.165) is 18.2 Å². The lowest BCUT2D eigenvalue weighted by Gasteiger charge is -2.08. The Labute approximate surface area is 203 Å². The minimum atomic E-state index is -6.09. The molecule has 4 aromatic rings. The summed E-state index contributed by atoms with van der Waals surface area (Å²) in [6.07, 6.45) is 0. The number of hydrogen-bond donors (Lipinski definition) is 0. The van der Waals surface area contributed by atoms with Crippen molar-refractivity contribution in [1.29, 1.82) is 0 Å². The molecule has 0 aliphatic heterocycles. The van der Waals surface area contributed by atoms with E-state index in [-0.39, 0.29) is 5.39 Å². The van der Waals surface area contributed by atoms with Crippen LogP contribution in [0.3, 0.4) is 0 Å². The summed E-state index contributed by atoms with van der Waals surface area (Å²) >= 11 is 1.34. The summed E-state index contributed by atoms with van der Waals surface area (Å²) in [5.41, 5.74) is -11.9. The number of thiophene rings is 2. The van der Waals surface area contributed by atoms with E-state index in [2.05, 4.69) is 35.7 Å². The molecule has 36 heavy (non-hydrogen) atoms. The Morgan fingerprint density at radius 1 is 0.833 bits per heavy atom. The molecular weight excluding hydrogens is 566 g/mol. The van der Waals surface area contributed by atoms with Crippen LogP contribution in [0.5, 0.6) is 0 Å². The van der Waals surface area contributed by atoms with Crippen LogP contribution in [-0.2, 0) is 15.6 Å². The van der Waals surface area contributed by atoms with E-state index in [4.69, 9.17) is 13.0 Å². The summed E-state index contributed by atoms with van der Waals surface area (Å²) < 4.78 is 98.2. The van der Waals surface area contributed by atoms with Crippen LogP contribution in [0, 0.1) is 20.2 Å². The van der Waals surface area contributed by atoms with Crippen molar-refractivity contribution in [1.82, 2.24) is 0 Å². The Kier molecular flexibility index (Phi) is 8.61. The standard InChI is InChI=1S/C9H4F3N2O4S.C8H6S.CHF3O3S/c10-9(11,12)19-4-7(14(17)18)5-2-1-3-6(8(5)19)13(15)16;1-2-4-8-7(3-1)5-6-9-8;2-1(3,4)8(5,6)7/h1-4H;1-6H;(H,5,6,7)/q+1;;. The second-order valence-corrected chi connectivity index (χ2v) is 10.5. The molecule has 194 valence electrons. The summed E-state index contributed by atoms with van der Waals surface area (Å²) in [6, 6.07) is 13.7. The van der Waals surface area contributed by atoms with Crippen LogP contribution in [0.1, 0.15) is 0 Å². The van der Waals surface area contributed by atoms with E-state index in [1.54, 1.807) is 0 Å². The number of fused-ring (bicyclic) bond motifs is 2. The lowest BCUT2D eigenvalue weighted by atomic mass is 10.2. The van der Waals surface area contributed by atoms with Crippen molar-refractivity contribution in [3.05, 3.63) is 79.5 Å². The SMILES string of the molecule is O=S(=O)([O-])C(F)(F)F.O=[N+]([O-])c1c[s+](C(F)(F)F)c2c([N+](=O)[O-])cccc12.c1ccc2[sH+]ccc2c1. The second kappa shape index (κ2) is 10.7. The van der Waals surface area contributed by atoms with Crippen LogP contribution in [0.15, 0.2) is 59.3 Å². The molecule has 18 heteroatoms. The van der Waals surface area contributed by atoms with Gasteiger partial charge in [-0.05, 0) is 29.5 Å². The van der Waals surface area contributed by atoms with E-state index < -0.39 is 57.5 Å². The largest absolute Gasteiger partial charge is 0.741 e. The molecule has 1 unspecified atom stereocenters. The second-order valence-electron chi connectivity index (χ2n) is 6.36. The van der Waals surface area contributed by atoms with Gasteiger partial charge in [-0.1, -0.05) is 18.2 Å². The van der Waals surface area contributed by atoms with Crippen molar-refractivity contribution in [3.8, 4) is 0 Å². The third-order valence-electron chi connectivity index (χ3n) is 4.05. The molecule has 0 radical (unpaired) electrons. The third-order valence-corrected chi connectivity index (χ3v) is 7.43. The zero-order chi connectivity index (χ0) is 27.5. The molecule has 2 heterocycles. The molecule has 9 nitrogen and oxygen atoms in total. The van der Waals surface area contributed by atoms with Crippen LogP contribution in [0.4, 0.5) is 37.7 Å². The maximum Gasteiger partial charge on any atom is 0.601 e. The number of non-ortho nitro benzene ring substituents is 1. The first-order chi connectivity index (χ1) is 16.4. The maximum absolute atomic E-state index is 12.8. The van der Waals surface area contributed by atoms with Crippen LogP contribution in [0.25, 0.3) is 20.2 Å². The molecule has 2 aromatic carbocycles. The molecule has 0 amide bonds. The summed E-state index contributed by atoms with van der Waals surface area (Å²) in [4.78, 5) is 19.5. The van der Waals surface area contributed by atoms with Gasteiger partial charge in [0.25, 0.3) is 4.70 Å². The fourth-order valence-corrected chi connectivity index (χ4v) is 5.17. The molecule has 0 aliphatic rings. The summed E-state index contributed by atoms with van der Waals surface area (Å²) in [7, 11) is -8.74. The summed E-state index contributed by atoms with van der Waals surface area (Å²) in [5.74, 6) is 0. The lowest BCUT2D eigenvalue weighted by molar-refractivity contribution is -0.384. The quantitative estimate of drug-likeness (QED) is 0.0655. The predicted octanol–water partition coefficient (Wildman–Crippen LogP) is 6.57. The molecule has 1 atom stereocenters. The Morgan fingerprint density at radius 2 is 1.39 bits per heavy atom. The van der Waals surface area contributed by atoms with Crippen molar-refractivity contribution in [2.75, 3.05) is 0 Å². The van der Waals surface area contributed by atoms with Crippen LogP contribution in [0.2, 0.25) is 0 Å². The van der Waals surface area contributed by atoms with Crippen LogP contribution >= 0.6 is 21.8 Å². The van der Waals surface area contributed by atoms with Crippen molar-refractivity contribution in [2.45, 2.75) is 11.0 Å². The first-order valence-corrected chi connectivity index (χ1v) is 12.5. The van der Waals surface area contributed by atoms with Gasteiger partial charge >= 0.3 is 22.4 Å². The molecule has 0 N–H and O–H groups in total. The molecule has 0 spiro atoms. The summed E-state index contributed by atoms with van der Waals surface area (Å²) in [5, 5.41) is 25.1. The van der Waals surface area contributed by atoms with Crippen molar-refractivity contribution < 1.29 is 49.2 Å². The molecule has 0 saturated heterocycles. The third kappa shape index (κ3) is 6.86. The number of nitrogens with zero attached hydrogens (tertiary/aromatic N) is 2. The number of hydrogen-bond acceptors (Lipinski definition) is 7. The Bertz CT molecular complexity index is 1480. The van der Waals surface area contributed by atoms with E-state index in [9.17, 15) is 46.6 Å². The van der Waals surface area contributed by atoms with Gasteiger partial charge in [0.15, 0.2) is 14.8 Å². The highest BCUT2D eigenvalue weighted by atomic mass is 32.2. The fraction of sp³-hybridized carbons (Fsp3) is 0.111. The molecule has 0 saturated carbocycles. The highest BCUT2D eigenvalue weighted by Crippen LogP contribution is 2.53. The number of halogens is 6. The molecular formula is C18H11F6N2O7S3+. The van der Waals surface area contributed by atoms with E-state index >= 15 is 0 Å². The first kappa shape index (κ1) is 28.9. The Balaban J connectivity index is 0.000000222. The number of rotatable bonds is 2. The molecule has 4 rings (SSSR count). The first-order valence-electron chi connectivity index (χ1n) is 8.87. The monoisotopic (exact) mass is 577 g/mol. The van der Waals surface area contributed by atoms with Gasteiger partial charge in [0.05, 0.1) is 9.85 Å². The summed E-state index contributed by atoms with van der Waals surface area (Å²) in [6.45, 7) is 0. The van der Waals surface area contributed by atoms with Gasteiger partial charge in [-0.25, -0.2) is 8.42 Å². The molecule has 0 bridgehead atoms. The lowest BCUT2D eigenvalue weighted by Crippen LogP contribution is -2.21. The van der Waals surface area contributed by atoms with Gasteiger partial charge in [-0.2, -0.15) is 13.2 Å². The highest BCUT2D eigenvalue weighted by molar-refractivity contribution is 7.86. The van der Waals surface area contributed by atoms with Gasteiger partial charge in [0, 0.05) is 17.5 Å². The number of nitro groups is 2. The molecule has 0 fully saturated rings. The zero-order valence-electron chi connectivity index (χ0n) is 17.1. The fourth-order valence-electron chi connectivity index (χ4n) is 2.60. The van der Waals surface area contributed by atoms with E-state index in [0.29, 0.717) is 5.38 Å². The minimum Gasteiger partial charge on any atom is -0.741 e. The smallest absolute Gasteiger partial charge is 0.601 e. The predicted molar refractivity (Wildman–Crippen MR) is 120 cm³/mol. The Morgan fingerprint density at radius 3 is 1.86 bits per heavy atom. The normalized spacial score (nSPS) is 12.4. The van der Waals surface area contributed by atoms with Crippen LogP contribution < -0.4 is 0 Å². The van der Waals surface area contributed by atoms with Crippen molar-refractivity contribution in [2.24, 2.45) is 0 Å². The topological polar surface area (TPSA) is 143 Å². The van der Waals surface area contributed by atoms with Gasteiger partial charge in [0.1, 0.15) is 21.2 Å². The highest BCUT2D eigenvalue weighted by Gasteiger charge is 2.50. The van der Waals surface area contributed by atoms with Crippen molar-refractivity contribution in [3.63, 3.8) is 0 Å². The van der Waals surface area contributed by atoms with E-state index in [1.165, 1.54) is 21.4 Å². The zero-order valence-corrected chi connectivity index (χ0v) is 19.6. The molecule has 2 aromatic heterocycles. The minimum absolute atomic E-state index is 0.347. The number of nitro benzene ring substituents is 1. The van der Waals surface area contributed by atoms with Crippen molar-refractivity contribution >= 4 is 63.5 Å². The average Bonchev–Trinajstić information content (AvgIpc) is 3.37. The van der Waals surface area contributed by atoms with Gasteiger partial charge < -0.3 is 4.55 Å².